The van der Waals surface area contributed by atoms with Crippen LogP contribution in [0, 0.1) is 11.3 Å². The molecule has 1 heterocycles. The fourth-order valence-corrected chi connectivity index (χ4v) is 1.78. The predicted molar refractivity (Wildman–Crippen MR) is 69.7 cm³/mol. The summed E-state index contributed by atoms with van der Waals surface area (Å²) in [4.78, 5) is 4.04. The van der Waals surface area contributed by atoms with E-state index in [0.29, 0.717) is 17.2 Å². The summed E-state index contributed by atoms with van der Waals surface area (Å²) in [6, 6.07) is 10.6. The Balaban J connectivity index is 2.26. The van der Waals surface area contributed by atoms with Gasteiger partial charge in [-0.05, 0) is 40.2 Å². The molecule has 2 rings (SSSR count). The Hall–Kier alpha value is -2.06. The van der Waals surface area contributed by atoms with Crippen molar-refractivity contribution in [1.82, 2.24) is 4.98 Å². The number of hydrogen-bond donors (Lipinski definition) is 0. The number of pyridine rings is 1. The standard InChI is InChI=1S/C13H9BrN2O2/c1-17-10-2-3-12(11(14)7-10)18-13-6-9(8-15)4-5-16-13/h2-7H,1H3. The van der Waals surface area contributed by atoms with Gasteiger partial charge in [0.2, 0.25) is 5.88 Å². The van der Waals surface area contributed by atoms with Crippen molar-refractivity contribution in [3.63, 3.8) is 0 Å². The van der Waals surface area contributed by atoms with Crippen LogP contribution in [0.25, 0.3) is 0 Å². The molecule has 0 spiro atoms. The molecule has 0 fully saturated rings. The molecule has 0 bridgehead atoms. The van der Waals surface area contributed by atoms with Crippen molar-refractivity contribution < 1.29 is 9.47 Å². The SMILES string of the molecule is COc1ccc(Oc2cc(C#N)ccn2)c(Br)c1. The van der Waals surface area contributed by atoms with E-state index in [1.807, 2.05) is 6.07 Å². The summed E-state index contributed by atoms with van der Waals surface area (Å²) < 4.78 is 11.4. The number of methoxy groups -OCH3 is 1. The third-order valence-corrected chi connectivity index (χ3v) is 2.84. The average molecular weight is 305 g/mol. The van der Waals surface area contributed by atoms with Crippen molar-refractivity contribution in [2.75, 3.05) is 7.11 Å². The van der Waals surface area contributed by atoms with Gasteiger partial charge in [-0.3, -0.25) is 0 Å². The maximum atomic E-state index is 8.79. The molecule has 2 aromatic rings. The first-order valence-electron chi connectivity index (χ1n) is 5.10. The fraction of sp³-hybridized carbons (Fsp3) is 0.0769. The molecular formula is C13H9BrN2O2. The van der Waals surface area contributed by atoms with Crippen LogP contribution in [-0.4, -0.2) is 12.1 Å². The van der Waals surface area contributed by atoms with Gasteiger partial charge in [0.05, 0.1) is 23.2 Å². The molecule has 0 atom stereocenters. The van der Waals surface area contributed by atoms with Crippen LogP contribution in [0.4, 0.5) is 0 Å². The molecule has 5 heteroatoms. The third kappa shape index (κ3) is 2.79. The van der Waals surface area contributed by atoms with Gasteiger partial charge in [0.1, 0.15) is 11.5 Å². The van der Waals surface area contributed by atoms with Gasteiger partial charge in [-0.2, -0.15) is 5.26 Å². The van der Waals surface area contributed by atoms with E-state index < -0.39 is 0 Å². The number of nitriles is 1. The summed E-state index contributed by atoms with van der Waals surface area (Å²) >= 11 is 3.38. The van der Waals surface area contributed by atoms with Crippen LogP contribution in [0.15, 0.2) is 41.0 Å². The number of aromatic nitrogens is 1. The Bertz CT molecular complexity index is 608. The number of rotatable bonds is 3. The van der Waals surface area contributed by atoms with Gasteiger partial charge < -0.3 is 9.47 Å². The molecule has 90 valence electrons. The van der Waals surface area contributed by atoms with E-state index in [-0.39, 0.29) is 0 Å². The smallest absolute Gasteiger partial charge is 0.220 e. The van der Waals surface area contributed by atoms with E-state index in [0.717, 1.165) is 10.2 Å². The van der Waals surface area contributed by atoms with E-state index >= 15 is 0 Å². The summed E-state index contributed by atoms with van der Waals surface area (Å²) in [5.41, 5.74) is 0.504. The van der Waals surface area contributed by atoms with Crippen molar-refractivity contribution in [3.8, 4) is 23.4 Å². The molecule has 0 radical (unpaired) electrons. The topological polar surface area (TPSA) is 55.1 Å². The summed E-state index contributed by atoms with van der Waals surface area (Å²) in [5, 5.41) is 8.79. The normalized spacial score (nSPS) is 9.61. The maximum absolute atomic E-state index is 8.79. The highest BCUT2D eigenvalue weighted by molar-refractivity contribution is 9.10. The first-order chi connectivity index (χ1) is 8.72. The van der Waals surface area contributed by atoms with Crippen LogP contribution in [0.5, 0.6) is 17.4 Å². The summed E-state index contributed by atoms with van der Waals surface area (Å²) in [6.45, 7) is 0. The second-order valence-corrected chi connectivity index (χ2v) is 4.25. The monoisotopic (exact) mass is 304 g/mol. The molecule has 1 aromatic heterocycles. The molecule has 0 aliphatic carbocycles. The lowest BCUT2D eigenvalue weighted by molar-refractivity contribution is 0.411. The first kappa shape index (κ1) is 12.4. The lowest BCUT2D eigenvalue weighted by atomic mass is 10.3. The van der Waals surface area contributed by atoms with Crippen LogP contribution in [0.2, 0.25) is 0 Å². The first-order valence-corrected chi connectivity index (χ1v) is 5.90. The number of nitrogens with zero attached hydrogens (tertiary/aromatic N) is 2. The van der Waals surface area contributed by atoms with E-state index in [9.17, 15) is 0 Å². The quantitative estimate of drug-likeness (QED) is 0.870. The van der Waals surface area contributed by atoms with E-state index in [4.69, 9.17) is 14.7 Å². The van der Waals surface area contributed by atoms with Gasteiger partial charge in [-0.1, -0.05) is 0 Å². The van der Waals surface area contributed by atoms with Gasteiger partial charge in [0.15, 0.2) is 0 Å². The zero-order chi connectivity index (χ0) is 13.0. The minimum atomic E-state index is 0.375. The third-order valence-electron chi connectivity index (χ3n) is 2.22. The average Bonchev–Trinajstić information content (AvgIpc) is 2.41. The number of ether oxygens (including phenoxy) is 2. The van der Waals surface area contributed by atoms with Crippen LogP contribution < -0.4 is 9.47 Å². The van der Waals surface area contributed by atoms with Crippen molar-refractivity contribution in [3.05, 3.63) is 46.6 Å². The summed E-state index contributed by atoms with van der Waals surface area (Å²) in [7, 11) is 1.60. The van der Waals surface area contributed by atoms with Crippen LogP contribution >= 0.6 is 15.9 Å². The van der Waals surface area contributed by atoms with Gasteiger partial charge in [0, 0.05) is 12.3 Å². The Morgan fingerprint density at radius 1 is 1.28 bits per heavy atom. The Morgan fingerprint density at radius 3 is 2.78 bits per heavy atom. The molecule has 1 aromatic carbocycles. The highest BCUT2D eigenvalue weighted by Gasteiger charge is 2.05. The summed E-state index contributed by atoms with van der Waals surface area (Å²) in [5.74, 6) is 1.71. The Kier molecular flexibility index (Phi) is 3.80. The molecule has 0 amide bonds. The van der Waals surface area contributed by atoms with Crippen molar-refractivity contribution in [2.24, 2.45) is 0 Å². The van der Waals surface area contributed by atoms with Gasteiger partial charge >= 0.3 is 0 Å². The molecule has 18 heavy (non-hydrogen) atoms. The maximum Gasteiger partial charge on any atom is 0.220 e. The molecule has 0 aliphatic heterocycles. The lowest BCUT2D eigenvalue weighted by Gasteiger charge is -2.08. The zero-order valence-corrected chi connectivity index (χ0v) is 11.1. The summed E-state index contributed by atoms with van der Waals surface area (Å²) in [6.07, 6.45) is 1.53. The Morgan fingerprint density at radius 2 is 2.11 bits per heavy atom. The number of halogens is 1. The molecule has 0 N–H and O–H groups in total. The minimum absolute atomic E-state index is 0.375. The lowest BCUT2D eigenvalue weighted by Crippen LogP contribution is -1.90. The highest BCUT2D eigenvalue weighted by Crippen LogP contribution is 2.32. The van der Waals surface area contributed by atoms with Crippen molar-refractivity contribution >= 4 is 15.9 Å². The van der Waals surface area contributed by atoms with Crippen molar-refractivity contribution in [2.45, 2.75) is 0 Å². The molecule has 0 aliphatic rings. The van der Waals surface area contributed by atoms with Gasteiger partial charge in [-0.25, -0.2) is 4.98 Å². The Labute approximate surface area is 113 Å². The second-order valence-electron chi connectivity index (χ2n) is 3.39. The van der Waals surface area contributed by atoms with Gasteiger partial charge in [0.25, 0.3) is 0 Å². The van der Waals surface area contributed by atoms with E-state index in [2.05, 4.69) is 20.9 Å². The predicted octanol–water partition coefficient (Wildman–Crippen LogP) is 3.52. The molecular weight excluding hydrogens is 296 g/mol. The molecule has 4 nitrogen and oxygen atoms in total. The molecule has 0 saturated heterocycles. The zero-order valence-electron chi connectivity index (χ0n) is 9.55. The van der Waals surface area contributed by atoms with E-state index in [1.54, 1.807) is 37.4 Å². The van der Waals surface area contributed by atoms with E-state index in [1.165, 1.54) is 6.20 Å². The van der Waals surface area contributed by atoms with Crippen LogP contribution in [-0.2, 0) is 0 Å². The number of benzene rings is 1. The number of hydrogen-bond acceptors (Lipinski definition) is 4. The van der Waals surface area contributed by atoms with Crippen molar-refractivity contribution in [1.29, 1.82) is 5.26 Å². The minimum Gasteiger partial charge on any atom is -0.497 e. The van der Waals surface area contributed by atoms with Crippen LogP contribution in [0.1, 0.15) is 5.56 Å². The molecule has 0 unspecified atom stereocenters. The van der Waals surface area contributed by atoms with Gasteiger partial charge in [-0.15, -0.1) is 0 Å². The highest BCUT2D eigenvalue weighted by atomic mass is 79.9. The fourth-order valence-electron chi connectivity index (χ4n) is 1.34. The second kappa shape index (κ2) is 5.52. The molecule has 0 saturated carbocycles. The van der Waals surface area contributed by atoms with Crippen LogP contribution in [0.3, 0.4) is 0 Å². The largest absolute Gasteiger partial charge is 0.497 e.